The highest BCUT2D eigenvalue weighted by atomic mass is 16.2. The summed E-state index contributed by atoms with van der Waals surface area (Å²) in [6.45, 7) is 0.904. The molecular weight excluding hydrogens is 250 g/mol. The fourth-order valence-electron chi connectivity index (χ4n) is 2.64. The third-order valence-electron chi connectivity index (χ3n) is 3.67. The van der Waals surface area contributed by atoms with Crippen molar-refractivity contribution < 1.29 is 4.79 Å². The van der Waals surface area contributed by atoms with E-state index in [-0.39, 0.29) is 5.91 Å². The number of rotatable bonds is 6. The molecular formula is C16H21N3O. The van der Waals surface area contributed by atoms with E-state index in [1.807, 2.05) is 35.2 Å². The molecule has 0 unspecified atom stereocenters. The minimum absolute atomic E-state index is 0.0543. The van der Waals surface area contributed by atoms with E-state index >= 15 is 0 Å². The van der Waals surface area contributed by atoms with Gasteiger partial charge in [0.05, 0.1) is 19.0 Å². The Labute approximate surface area is 120 Å². The third-order valence-corrected chi connectivity index (χ3v) is 3.67. The lowest BCUT2D eigenvalue weighted by atomic mass is 10.2. The van der Waals surface area contributed by atoms with E-state index in [4.69, 9.17) is 5.26 Å². The smallest absolute Gasteiger partial charge is 0.239 e. The van der Waals surface area contributed by atoms with Crippen molar-refractivity contribution in [3.63, 3.8) is 0 Å². The van der Waals surface area contributed by atoms with E-state index in [0.717, 1.165) is 18.5 Å². The highest BCUT2D eigenvalue weighted by Crippen LogP contribution is 2.18. The van der Waals surface area contributed by atoms with Crippen LogP contribution in [-0.4, -0.2) is 25.0 Å². The highest BCUT2D eigenvalue weighted by molar-refractivity contribution is 5.81. The van der Waals surface area contributed by atoms with Gasteiger partial charge in [-0.25, -0.2) is 0 Å². The maximum absolute atomic E-state index is 12.1. The summed E-state index contributed by atoms with van der Waals surface area (Å²) in [5.74, 6) is 0.0543. The van der Waals surface area contributed by atoms with E-state index in [1.165, 1.54) is 12.8 Å². The fraction of sp³-hybridized carbons (Fsp3) is 0.500. The average molecular weight is 271 g/mol. The predicted molar refractivity (Wildman–Crippen MR) is 79.3 cm³/mol. The Morgan fingerprint density at radius 3 is 2.65 bits per heavy atom. The largest absolute Gasteiger partial charge is 0.361 e. The van der Waals surface area contributed by atoms with Crippen molar-refractivity contribution in [3.8, 4) is 6.07 Å². The number of anilines is 1. The standard InChI is InChI=1S/C16H21N3O/c17-11-6-12-19(15-9-2-1-3-10-15)13-16(20)18-14-7-4-5-8-14/h1-3,9-10,14H,4-8,12-13H2,(H,18,20). The van der Waals surface area contributed by atoms with Crippen molar-refractivity contribution in [2.24, 2.45) is 0 Å². The van der Waals surface area contributed by atoms with Gasteiger partial charge in [0.2, 0.25) is 5.91 Å². The fourth-order valence-corrected chi connectivity index (χ4v) is 2.64. The summed E-state index contributed by atoms with van der Waals surface area (Å²) in [4.78, 5) is 14.1. The topological polar surface area (TPSA) is 56.1 Å². The van der Waals surface area contributed by atoms with E-state index in [2.05, 4.69) is 11.4 Å². The van der Waals surface area contributed by atoms with Crippen LogP contribution in [0.4, 0.5) is 5.69 Å². The van der Waals surface area contributed by atoms with Crippen LogP contribution in [0.5, 0.6) is 0 Å². The second-order valence-corrected chi connectivity index (χ2v) is 5.21. The lowest BCUT2D eigenvalue weighted by Crippen LogP contribution is -2.41. The van der Waals surface area contributed by atoms with Crippen LogP contribution in [0.2, 0.25) is 0 Å². The summed E-state index contributed by atoms with van der Waals surface area (Å²) in [6.07, 6.45) is 5.03. The van der Waals surface area contributed by atoms with Gasteiger partial charge in [0, 0.05) is 18.3 Å². The molecule has 20 heavy (non-hydrogen) atoms. The van der Waals surface area contributed by atoms with Crippen LogP contribution in [0.3, 0.4) is 0 Å². The van der Waals surface area contributed by atoms with Crippen LogP contribution < -0.4 is 10.2 Å². The average Bonchev–Trinajstić information content (AvgIpc) is 2.97. The molecule has 1 aromatic carbocycles. The quantitative estimate of drug-likeness (QED) is 0.864. The molecule has 1 amide bonds. The molecule has 0 aromatic heterocycles. The first-order chi connectivity index (χ1) is 9.79. The minimum Gasteiger partial charge on any atom is -0.361 e. The molecule has 0 aliphatic heterocycles. The van der Waals surface area contributed by atoms with Gasteiger partial charge < -0.3 is 10.2 Å². The molecule has 1 saturated carbocycles. The first-order valence-corrected chi connectivity index (χ1v) is 7.26. The molecule has 1 N–H and O–H groups in total. The molecule has 4 heteroatoms. The molecule has 106 valence electrons. The molecule has 4 nitrogen and oxygen atoms in total. The van der Waals surface area contributed by atoms with Crippen molar-refractivity contribution in [1.82, 2.24) is 5.32 Å². The van der Waals surface area contributed by atoms with Gasteiger partial charge in [0.15, 0.2) is 0 Å². The Kier molecular flexibility index (Phi) is 5.43. The number of hydrogen-bond acceptors (Lipinski definition) is 3. The second kappa shape index (κ2) is 7.54. The number of benzene rings is 1. The molecule has 1 aromatic rings. The Morgan fingerprint density at radius 1 is 1.30 bits per heavy atom. The SMILES string of the molecule is N#CCCN(CC(=O)NC1CCCC1)c1ccccc1. The number of carbonyl (C=O) groups excluding carboxylic acids is 1. The second-order valence-electron chi connectivity index (χ2n) is 5.21. The number of hydrogen-bond donors (Lipinski definition) is 1. The molecule has 0 heterocycles. The summed E-state index contributed by atoms with van der Waals surface area (Å²) in [5, 5.41) is 11.8. The third kappa shape index (κ3) is 4.27. The van der Waals surface area contributed by atoms with Gasteiger partial charge in [-0.3, -0.25) is 4.79 Å². The van der Waals surface area contributed by atoms with Gasteiger partial charge in [0.25, 0.3) is 0 Å². The molecule has 0 atom stereocenters. The Balaban J connectivity index is 1.93. The van der Waals surface area contributed by atoms with Crippen LogP contribution in [0.15, 0.2) is 30.3 Å². The summed E-state index contributed by atoms with van der Waals surface area (Å²) >= 11 is 0. The van der Waals surface area contributed by atoms with Crippen LogP contribution in [-0.2, 0) is 4.79 Å². The van der Waals surface area contributed by atoms with E-state index in [9.17, 15) is 4.79 Å². The maximum Gasteiger partial charge on any atom is 0.239 e. The summed E-state index contributed by atoms with van der Waals surface area (Å²) in [5.41, 5.74) is 0.990. The van der Waals surface area contributed by atoms with Gasteiger partial charge in [-0.15, -0.1) is 0 Å². The normalized spacial score (nSPS) is 14.8. The lowest BCUT2D eigenvalue weighted by Gasteiger charge is -2.24. The molecule has 1 aliphatic carbocycles. The number of nitrogens with zero attached hydrogens (tertiary/aromatic N) is 2. The van der Waals surface area contributed by atoms with Crippen molar-refractivity contribution in [2.75, 3.05) is 18.0 Å². The predicted octanol–water partition coefficient (Wildman–Crippen LogP) is 2.47. The Hall–Kier alpha value is -2.02. The number of para-hydroxylation sites is 1. The lowest BCUT2D eigenvalue weighted by molar-refractivity contribution is -0.120. The van der Waals surface area contributed by atoms with Crippen molar-refractivity contribution >= 4 is 11.6 Å². The molecule has 0 spiro atoms. The van der Waals surface area contributed by atoms with Crippen molar-refractivity contribution in [3.05, 3.63) is 30.3 Å². The monoisotopic (exact) mass is 271 g/mol. The first kappa shape index (κ1) is 14.4. The summed E-state index contributed by atoms with van der Waals surface area (Å²) < 4.78 is 0. The Morgan fingerprint density at radius 2 is 2.00 bits per heavy atom. The Bertz CT molecular complexity index is 460. The van der Waals surface area contributed by atoms with Crippen LogP contribution in [0, 0.1) is 11.3 Å². The highest BCUT2D eigenvalue weighted by Gasteiger charge is 2.18. The zero-order valence-electron chi connectivity index (χ0n) is 11.7. The van der Waals surface area contributed by atoms with E-state index in [0.29, 0.717) is 25.6 Å². The van der Waals surface area contributed by atoms with Gasteiger partial charge in [-0.1, -0.05) is 31.0 Å². The number of nitrogens with one attached hydrogen (secondary N) is 1. The maximum atomic E-state index is 12.1. The van der Waals surface area contributed by atoms with Crippen LogP contribution in [0.25, 0.3) is 0 Å². The molecule has 0 bridgehead atoms. The van der Waals surface area contributed by atoms with E-state index in [1.54, 1.807) is 0 Å². The van der Waals surface area contributed by atoms with Crippen LogP contribution in [0.1, 0.15) is 32.1 Å². The number of carbonyl (C=O) groups is 1. The zero-order chi connectivity index (χ0) is 14.2. The number of amides is 1. The summed E-state index contributed by atoms with van der Waals surface area (Å²) in [7, 11) is 0. The van der Waals surface area contributed by atoms with E-state index < -0.39 is 0 Å². The minimum atomic E-state index is 0.0543. The molecule has 0 saturated heterocycles. The summed E-state index contributed by atoms with van der Waals surface area (Å²) in [6, 6.07) is 12.3. The zero-order valence-corrected chi connectivity index (χ0v) is 11.7. The van der Waals surface area contributed by atoms with Gasteiger partial charge >= 0.3 is 0 Å². The van der Waals surface area contributed by atoms with Crippen molar-refractivity contribution in [1.29, 1.82) is 5.26 Å². The molecule has 0 radical (unpaired) electrons. The first-order valence-electron chi connectivity index (χ1n) is 7.26. The number of nitriles is 1. The van der Waals surface area contributed by atoms with Crippen LogP contribution >= 0.6 is 0 Å². The molecule has 1 fully saturated rings. The van der Waals surface area contributed by atoms with Gasteiger partial charge in [-0.05, 0) is 25.0 Å². The molecule has 2 rings (SSSR count). The van der Waals surface area contributed by atoms with Gasteiger partial charge in [-0.2, -0.15) is 5.26 Å². The van der Waals surface area contributed by atoms with Crippen molar-refractivity contribution in [2.45, 2.75) is 38.1 Å². The molecule has 1 aliphatic rings. The van der Waals surface area contributed by atoms with Gasteiger partial charge in [0.1, 0.15) is 0 Å².